The van der Waals surface area contributed by atoms with Gasteiger partial charge < -0.3 is 9.84 Å². The maximum Gasteiger partial charge on any atom is 0.129 e. The second kappa shape index (κ2) is 4.91. The Bertz CT molecular complexity index is 591. The van der Waals surface area contributed by atoms with E-state index >= 15 is 0 Å². The second-order valence-corrected chi connectivity index (χ2v) is 4.69. The van der Waals surface area contributed by atoms with Crippen LogP contribution in [0.15, 0.2) is 30.3 Å². The minimum absolute atomic E-state index is 0.195. The zero-order valence-corrected chi connectivity index (χ0v) is 11.4. The fourth-order valence-corrected chi connectivity index (χ4v) is 2.16. The number of phenols is 1. The van der Waals surface area contributed by atoms with E-state index in [1.54, 1.807) is 25.3 Å². The maximum absolute atomic E-state index is 9.95. The van der Waals surface area contributed by atoms with Crippen molar-refractivity contribution in [2.24, 2.45) is 0 Å². The molecule has 0 aromatic heterocycles. The number of aromatic hydroxyl groups is 1. The standard InChI is InChI=1S/C15H15ClO2/c1-9-4-6-12(15(18-3)10(9)2)13-8-11(16)5-7-14(13)17/h4-8,17H,1-3H3. The summed E-state index contributed by atoms with van der Waals surface area (Å²) in [4.78, 5) is 0. The van der Waals surface area contributed by atoms with Gasteiger partial charge in [-0.15, -0.1) is 0 Å². The van der Waals surface area contributed by atoms with E-state index in [0.717, 1.165) is 22.4 Å². The van der Waals surface area contributed by atoms with E-state index in [1.807, 2.05) is 26.0 Å². The minimum atomic E-state index is 0.195. The first kappa shape index (κ1) is 12.8. The lowest BCUT2D eigenvalue weighted by molar-refractivity contribution is 0.412. The molecule has 0 saturated carbocycles. The molecule has 0 heterocycles. The molecule has 94 valence electrons. The fourth-order valence-electron chi connectivity index (χ4n) is 1.99. The molecule has 0 amide bonds. The molecule has 0 bridgehead atoms. The van der Waals surface area contributed by atoms with Gasteiger partial charge in [-0.1, -0.05) is 23.7 Å². The molecule has 0 aliphatic heterocycles. The molecule has 0 atom stereocenters. The average molecular weight is 263 g/mol. The molecule has 3 heteroatoms. The topological polar surface area (TPSA) is 29.5 Å². The SMILES string of the molecule is COc1c(-c2cc(Cl)ccc2O)ccc(C)c1C. The summed E-state index contributed by atoms with van der Waals surface area (Å²) < 4.78 is 5.45. The summed E-state index contributed by atoms with van der Waals surface area (Å²) in [6.45, 7) is 4.03. The van der Waals surface area contributed by atoms with Crippen molar-refractivity contribution >= 4 is 11.6 Å². The van der Waals surface area contributed by atoms with Crippen LogP contribution in [0.2, 0.25) is 5.02 Å². The van der Waals surface area contributed by atoms with Crippen molar-refractivity contribution < 1.29 is 9.84 Å². The van der Waals surface area contributed by atoms with Gasteiger partial charge in [0.05, 0.1) is 7.11 Å². The number of methoxy groups -OCH3 is 1. The number of hydrogen-bond acceptors (Lipinski definition) is 2. The van der Waals surface area contributed by atoms with Crippen molar-refractivity contribution in [3.8, 4) is 22.6 Å². The predicted molar refractivity (Wildman–Crippen MR) is 74.6 cm³/mol. The summed E-state index contributed by atoms with van der Waals surface area (Å²) in [7, 11) is 1.63. The molecule has 0 saturated heterocycles. The lowest BCUT2D eigenvalue weighted by Crippen LogP contribution is -1.94. The molecule has 2 aromatic carbocycles. The van der Waals surface area contributed by atoms with Gasteiger partial charge in [0.1, 0.15) is 11.5 Å². The van der Waals surface area contributed by atoms with Crippen molar-refractivity contribution in [2.75, 3.05) is 7.11 Å². The lowest BCUT2D eigenvalue weighted by Gasteiger charge is -2.14. The van der Waals surface area contributed by atoms with Gasteiger partial charge in [0.15, 0.2) is 0 Å². The van der Waals surface area contributed by atoms with E-state index in [-0.39, 0.29) is 5.75 Å². The van der Waals surface area contributed by atoms with E-state index in [9.17, 15) is 5.11 Å². The zero-order valence-electron chi connectivity index (χ0n) is 10.6. The summed E-state index contributed by atoms with van der Waals surface area (Å²) >= 11 is 5.98. The molecule has 0 fully saturated rings. The number of ether oxygens (including phenoxy) is 1. The monoisotopic (exact) mass is 262 g/mol. The largest absolute Gasteiger partial charge is 0.507 e. The van der Waals surface area contributed by atoms with Crippen LogP contribution in [-0.2, 0) is 0 Å². The van der Waals surface area contributed by atoms with Crippen molar-refractivity contribution in [1.82, 2.24) is 0 Å². The normalized spacial score (nSPS) is 10.4. The van der Waals surface area contributed by atoms with Crippen LogP contribution in [0.5, 0.6) is 11.5 Å². The van der Waals surface area contributed by atoms with Crippen LogP contribution in [0.25, 0.3) is 11.1 Å². The molecular formula is C15H15ClO2. The highest BCUT2D eigenvalue weighted by Gasteiger charge is 2.13. The molecule has 2 rings (SSSR count). The summed E-state index contributed by atoms with van der Waals surface area (Å²) in [6, 6.07) is 8.93. The highest BCUT2D eigenvalue weighted by atomic mass is 35.5. The highest BCUT2D eigenvalue weighted by Crippen LogP contribution is 2.39. The summed E-state index contributed by atoms with van der Waals surface area (Å²) in [5.41, 5.74) is 3.74. The van der Waals surface area contributed by atoms with Crippen LogP contribution >= 0.6 is 11.6 Å². The van der Waals surface area contributed by atoms with Gasteiger partial charge in [-0.3, -0.25) is 0 Å². The number of halogens is 1. The minimum Gasteiger partial charge on any atom is -0.507 e. The Kier molecular flexibility index (Phi) is 3.48. The Morgan fingerprint density at radius 2 is 1.78 bits per heavy atom. The molecule has 1 N–H and O–H groups in total. The number of phenolic OH excluding ortho intramolecular Hbond substituents is 1. The van der Waals surface area contributed by atoms with Gasteiger partial charge in [-0.2, -0.15) is 0 Å². The fraction of sp³-hybridized carbons (Fsp3) is 0.200. The quantitative estimate of drug-likeness (QED) is 0.872. The van der Waals surface area contributed by atoms with Crippen molar-refractivity contribution in [2.45, 2.75) is 13.8 Å². The van der Waals surface area contributed by atoms with E-state index in [0.29, 0.717) is 10.6 Å². The average Bonchev–Trinajstić information content (AvgIpc) is 2.35. The number of aryl methyl sites for hydroxylation is 1. The molecule has 0 aliphatic carbocycles. The Labute approximate surface area is 112 Å². The Morgan fingerprint density at radius 1 is 1.06 bits per heavy atom. The predicted octanol–water partition coefficient (Wildman–Crippen LogP) is 4.34. The molecule has 0 radical (unpaired) electrons. The van der Waals surface area contributed by atoms with Gasteiger partial charge >= 0.3 is 0 Å². The third-order valence-corrected chi connectivity index (χ3v) is 3.36. The van der Waals surface area contributed by atoms with Crippen LogP contribution in [0.1, 0.15) is 11.1 Å². The van der Waals surface area contributed by atoms with Crippen molar-refractivity contribution in [3.63, 3.8) is 0 Å². The molecule has 0 aliphatic rings. The smallest absolute Gasteiger partial charge is 0.129 e. The first-order chi connectivity index (χ1) is 8.54. The summed E-state index contributed by atoms with van der Waals surface area (Å²) in [5, 5.41) is 10.5. The van der Waals surface area contributed by atoms with Crippen LogP contribution in [0, 0.1) is 13.8 Å². The molecular weight excluding hydrogens is 248 g/mol. The Morgan fingerprint density at radius 3 is 2.44 bits per heavy atom. The first-order valence-electron chi connectivity index (χ1n) is 5.67. The molecule has 0 unspecified atom stereocenters. The highest BCUT2D eigenvalue weighted by molar-refractivity contribution is 6.31. The lowest BCUT2D eigenvalue weighted by atomic mass is 9.98. The molecule has 0 spiro atoms. The van der Waals surface area contributed by atoms with E-state index in [1.165, 1.54) is 0 Å². The maximum atomic E-state index is 9.95. The molecule has 18 heavy (non-hydrogen) atoms. The van der Waals surface area contributed by atoms with Gasteiger partial charge in [-0.05, 0) is 43.2 Å². The number of rotatable bonds is 2. The van der Waals surface area contributed by atoms with Crippen LogP contribution < -0.4 is 4.74 Å². The van der Waals surface area contributed by atoms with Gasteiger partial charge in [0.25, 0.3) is 0 Å². The van der Waals surface area contributed by atoms with E-state index in [4.69, 9.17) is 16.3 Å². The Balaban J connectivity index is 2.71. The summed E-state index contributed by atoms with van der Waals surface area (Å²) in [5.74, 6) is 0.966. The molecule has 2 aromatic rings. The first-order valence-corrected chi connectivity index (χ1v) is 6.05. The number of hydrogen-bond donors (Lipinski definition) is 1. The van der Waals surface area contributed by atoms with Gasteiger partial charge in [0, 0.05) is 16.1 Å². The van der Waals surface area contributed by atoms with Crippen molar-refractivity contribution in [1.29, 1.82) is 0 Å². The zero-order chi connectivity index (χ0) is 13.3. The Hall–Kier alpha value is -1.67. The van der Waals surface area contributed by atoms with E-state index in [2.05, 4.69) is 0 Å². The van der Waals surface area contributed by atoms with Gasteiger partial charge in [0.2, 0.25) is 0 Å². The van der Waals surface area contributed by atoms with Crippen LogP contribution in [0.3, 0.4) is 0 Å². The molecule has 2 nitrogen and oxygen atoms in total. The van der Waals surface area contributed by atoms with Crippen molar-refractivity contribution in [3.05, 3.63) is 46.5 Å². The van der Waals surface area contributed by atoms with Crippen LogP contribution in [0.4, 0.5) is 0 Å². The van der Waals surface area contributed by atoms with E-state index < -0.39 is 0 Å². The van der Waals surface area contributed by atoms with Crippen LogP contribution in [-0.4, -0.2) is 12.2 Å². The van der Waals surface area contributed by atoms with Gasteiger partial charge in [-0.25, -0.2) is 0 Å². The summed E-state index contributed by atoms with van der Waals surface area (Å²) in [6.07, 6.45) is 0. The number of benzene rings is 2. The third kappa shape index (κ3) is 2.16. The third-order valence-electron chi connectivity index (χ3n) is 3.13. The second-order valence-electron chi connectivity index (χ2n) is 4.25.